The summed E-state index contributed by atoms with van der Waals surface area (Å²) in [5.74, 6) is 0. The summed E-state index contributed by atoms with van der Waals surface area (Å²) in [4.78, 5) is 5.43. The molecule has 0 amide bonds. The van der Waals surface area contributed by atoms with Crippen LogP contribution in [0.15, 0.2) is 0 Å². The molecule has 1 atom stereocenters. The van der Waals surface area contributed by atoms with Gasteiger partial charge in [0.1, 0.15) is 0 Å². The first kappa shape index (κ1) is 12.0. The van der Waals surface area contributed by atoms with Crippen LogP contribution in [0.25, 0.3) is 0 Å². The van der Waals surface area contributed by atoms with Gasteiger partial charge < -0.3 is 0 Å². The predicted octanol–water partition coefficient (Wildman–Crippen LogP) is 2.73. The van der Waals surface area contributed by atoms with E-state index in [1.165, 1.54) is 45.3 Å². The smallest absolute Gasteiger partial charge is 0.0125 e. The Labute approximate surface area is 106 Å². The van der Waals surface area contributed by atoms with E-state index in [2.05, 4.69) is 37.5 Å². The van der Waals surface area contributed by atoms with Crippen LogP contribution >= 0.6 is 0 Å². The van der Waals surface area contributed by atoms with Crippen LogP contribution in [0.1, 0.15) is 53.4 Å². The zero-order chi connectivity index (χ0) is 12.3. The zero-order valence-electron chi connectivity index (χ0n) is 12.0. The van der Waals surface area contributed by atoms with Crippen LogP contribution in [0.4, 0.5) is 0 Å². The number of nitrogens with zero attached hydrogens (tertiary/aromatic N) is 2. The number of hydrogen-bond donors (Lipinski definition) is 0. The Morgan fingerprint density at radius 2 is 1.76 bits per heavy atom. The van der Waals surface area contributed by atoms with Gasteiger partial charge in [-0.3, -0.25) is 9.80 Å². The second-order valence-electron chi connectivity index (χ2n) is 7.82. The van der Waals surface area contributed by atoms with Crippen LogP contribution < -0.4 is 0 Å². The van der Waals surface area contributed by atoms with Crippen molar-refractivity contribution >= 4 is 0 Å². The fourth-order valence-corrected chi connectivity index (χ4v) is 4.17. The monoisotopic (exact) mass is 236 g/mol. The van der Waals surface area contributed by atoms with Crippen LogP contribution in [0.2, 0.25) is 0 Å². The topological polar surface area (TPSA) is 6.48 Å². The van der Waals surface area contributed by atoms with Gasteiger partial charge in [-0.1, -0.05) is 0 Å². The largest absolute Gasteiger partial charge is 0.298 e. The van der Waals surface area contributed by atoms with E-state index in [1.807, 2.05) is 0 Å². The van der Waals surface area contributed by atoms with E-state index in [0.717, 1.165) is 17.5 Å². The summed E-state index contributed by atoms with van der Waals surface area (Å²) in [5, 5.41) is 0. The lowest BCUT2D eigenvalue weighted by Crippen LogP contribution is -2.70. The first-order valence-electron chi connectivity index (χ1n) is 7.40. The van der Waals surface area contributed by atoms with Crippen molar-refractivity contribution < 1.29 is 0 Å². The van der Waals surface area contributed by atoms with Gasteiger partial charge in [0, 0.05) is 30.7 Å². The summed E-state index contributed by atoms with van der Waals surface area (Å²) in [5.41, 5.74) is 1.11. The fraction of sp³-hybridized carbons (Fsp3) is 1.00. The third-order valence-corrected chi connectivity index (χ3v) is 5.41. The maximum absolute atomic E-state index is 2.78. The van der Waals surface area contributed by atoms with Crippen LogP contribution in [-0.4, -0.2) is 47.1 Å². The van der Waals surface area contributed by atoms with Crippen molar-refractivity contribution in [3.8, 4) is 0 Å². The summed E-state index contributed by atoms with van der Waals surface area (Å²) < 4.78 is 0. The predicted molar refractivity (Wildman–Crippen MR) is 72.2 cm³/mol. The highest BCUT2D eigenvalue weighted by Gasteiger charge is 2.56. The molecule has 0 aromatic carbocycles. The van der Waals surface area contributed by atoms with Crippen molar-refractivity contribution in [2.24, 2.45) is 5.41 Å². The molecular weight excluding hydrogens is 208 g/mol. The Morgan fingerprint density at radius 3 is 2.24 bits per heavy atom. The molecule has 3 fully saturated rings. The van der Waals surface area contributed by atoms with Crippen LogP contribution in [0.5, 0.6) is 0 Å². The van der Waals surface area contributed by atoms with Gasteiger partial charge >= 0.3 is 0 Å². The highest BCUT2D eigenvalue weighted by molar-refractivity contribution is 5.10. The third-order valence-electron chi connectivity index (χ3n) is 5.41. The molecule has 0 aromatic heterocycles. The SMILES string of the molecule is C[C@@H]1CCCN1C1CC2(C1)CN(C(C)(C)C)C2. The van der Waals surface area contributed by atoms with E-state index in [0.29, 0.717) is 5.54 Å². The number of rotatable bonds is 1. The Hall–Kier alpha value is -0.0800. The van der Waals surface area contributed by atoms with E-state index in [9.17, 15) is 0 Å². The Bertz CT molecular complexity index is 291. The molecule has 1 aliphatic carbocycles. The third kappa shape index (κ3) is 1.94. The highest BCUT2D eigenvalue weighted by Crippen LogP contribution is 2.52. The average Bonchev–Trinajstić information content (AvgIpc) is 2.44. The molecular formula is C15H28N2. The lowest BCUT2D eigenvalue weighted by atomic mass is 9.59. The molecule has 2 nitrogen and oxygen atoms in total. The Morgan fingerprint density at radius 1 is 1.12 bits per heavy atom. The normalized spacial score (nSPS) is 34.9. The van der Waals surface area contributed by atoms with Gasteiger partial charge in [0.05, 0.1) is 0 Å². The first-order valence-corrected chi connectivity index (χ1v) is 7.40. The quantitative estimate of drug-likeness (QED) is 0.691. The molecule has 98 valence electrons. The van der Waals surface area contributed by atoms with Crippen molar-refractivity contribution in [1.82, 2.24) is 9.80 Å². The molecule has 2 heteroatoms. The molecule has 0 aromatic rings. The minimum absolute atomic E-state index is 0.386. The molecule has 1 spiro atoms. The van der Waals surface area contributed by atoms with E-state index >= 15 is 0 Å². The molecule has 3 aliphatic rings. The van der Waals surface area contributed by atoms with Gasteiger partial charge in [0.15, 0.2) is 0 Å². The number of hydrogen-bond acceptors (Lipinski definition) is 2. The minimum atomic E-state index is 0.386. The van der Waals surface area contributed by atoms with Crippen LogP contribution in [0.3, 0.4) is 0 Å². The molecule has 3 rings (SSSR count). The maximum atomic E-state index is 2.78. The second kappa shape index (κ2) is 3.71. The van der Waals surface area contributed by atoms with Crippen LogP contribution in [-0.2, 0) is 0 Å². The lowest BCUT2D eigenvalue weighted by Gasteiger charge is -2.64. The average molecular weight is 236 g/mol. The van der Waals surface area contributed by atoms with Crippen molar-refractivity contribution in [1.29, 1.82) is 0 Å². The summed E-state index contributed by atoms with van der Waals surface area (Å²) >= 11 is 0. The highest BCUT2D eigenvalue weighted by atomic mass is 15.3. The van der Waals surface area contributed by atoms with Crippen LogP contribution in [0, 0.1) is 5.41 Å². The second-order valence-corrected chi connectivity index (χ2v) is 7.82. The lowest BCUT2D eigenvalue weighted by molar-refractivity contribution is -0.140. The molecule has 1 saturated carbocycles. The van der Waals surface area contributed by atoms with E-state index < -0.39 is 0 Å². The molecule has 0 unspecified atom stereocenters. The number of likely N-dealkylation sites (tertiary alicyclic amines) is 2. The van der Waals surface area contributed by atoms with Crippen molar-refractivity contribution in [2.75, 3.05) is 19.6 Å². The molecule has 2 heterocycles. The minimum Gasteiger partial charge on any atom is -0.298 e. The van der Waals surface area contributed by atoms with Gasteiger partial charge in [0.25, 0.3) is 0 Å². The van der Waals surface area contributed by atoms with Gasteiger partial charge in [-0.05, 0) is 65.3 Å². The van der Waals surface area contributed by atoms with Crippen molar-refractivity contribution in [3.05, 3.63) is 0 Å². The molecule has 0 bridgehead atoms. The molecule has 0 N–H and O–H groups in total. The summed E-state index contributed by atoms with van der Waals surface area (Å²) in [6.07, 6.45) is 5.81. The summed E-state index contributed by atoms with van der Waals surface area (Å²) in [6.45, 7) is 13.5. The van der Waals surface area contributed by atoms with Crippen molar-refractivity contribution in [2.45, 2.75) is 71.0 Å². The summed E-state index contributed by atoms with van der Waals surface area (Å²) in [6, 6.07) is 1.78. The molecule has 17 heavy (non-hydrogen) atoms. The van der Waals surface area contributed by atoms with Crippen molar-refractivity contribution in [3.63, 3.8) is 0 Å². The Balaban J connectivity index is 1.50. The maximum Gasteiger partial charge on any atom is 0.0125 e. The molecule has 2 saturated heterocycles. The first-order chi connectivity index (χ1) is 7.90. The van der Waals surface area contributed by atoms with E-state index in [-0.39, 0.29) is 0 Å². The zero-order valence-corrected chi connectivity index (χ0v) is 12.0. The standard InChI is InChI=1S/C15H28N2/c1-12-6-5-7-17(12)13-8-15(9-13)10-16(11-15)14(2,3)4/h12-13H,5-11H2,1-4H3/t12-/m1/s1. The fourth-order valence-electron chi connectivity index (χ4n) is 4.17. The summed E-state index contributed by atoms with van der Waals surface area (Å²) in [7, 11) is 0. The van der Waals surface area contributed by atoms with Gasteiger partial charge in [-0.2, -0.15) is 0 Å². The van der Waals surface area contributed by atoms with E-state index in [1.54, 1.807) is 0 Å². The van der Waals surface area contributed by atoms with Gasteiger partial charge in [-0.25, -0.2) is 0 Å². The molecule has 0 radical (unpaired) electrons. The van der Waals surface area contributed by atoms with E-state index in [4.69, 9.17) is 0 Å². The van der Waals surface area contributed by atoms with Gasteiger partial charge in [0.2, 0.25) is 0 Å². The Kier molecular flexibility index (Phi) is 2.61. The molecule has 2 aliphatic heterocycles. The van der Waals surface area contributed by atoms with Gasteiger partial charge in [-0.15, -0.1) is 0 Å².